The molecule has 3 aromatic carbocycles. The quantitative estimate of drug-likeness (QED) is 0.422. The second-order valence-corrected chi connectivity index (χ2v) is 6.80. The molecule has 0 saturated heterocycles. The highest BCUT2D eigenvalue weighted by molar-refractivity contribution is 5.90. The van der Waals surface area contributed by atoms with Crippen LogP contribution in [0.4, 0.5) is 0 Å². The zero-order chi connectivity index (χ0) is 21.6. The summed E-state index contributed by atoms with van der Waals surface area (Å²) in [5, 5.41) is 9.72. The Morgan fingerprint density at radius 3 is 2.32 bits per heavy atom. The van der Waals surface area contributed by atoms with E-state index in [2.05, 4.69) is 16.0 Å². The zero-order valence-corrected chi connectivity index (χ0v) is 17.3. The first-order valence-corrected chi connectivity index (χ1v) is 9.71. The number of aromatic amines is 1. The van der Waals surface area contributed by atoms with Gasteiger partial charge in [0, 0.05) is 0 Å². The van der Waals surface area contributed by atoms with Crippen molar-refractivity contribution in [3.63, 3.8) is 0 Å². The van der Waals surface area contributed by atoms with E-state index >= 15 is 0 Å². The van der Waals surface area contributed by atoms with E-state index in [1.54, 1.807) is 20.3 Å². The van der Waals surface area contributed by atoms with Crippen LogP contribution in [0.2, 0.25) is 0 Å². The SMILES string of the molecule is COc1cc(/C=C(/C#N)c2nc3ccccc3[nH]2)cc(OC)c1OCc1ccccc1. The summed E-state index contributed by atoms with van der Waals surface area (Å²) < 4.78 is 17.1. The maximum absolute atomic E-state index is 9.72. The minimum Gasteiger partial charge on any atom is -0.493 e. The first kappa shape index (κ1) is 20.0. The van der Waals surface area contributed by atoms with Crippen molar-refractivity contribution in [3.8, 4) is 23.3 Å². The number of nitrogens with one attached hydrogen (secondary N) is 1. The molecule has 31 heavy (non-hydrogen) atoms. The van der Waals surface area contributed by atoms with Gasteiger partial charge in [-0.25, -0.2) is 4.98 Å². The largest absolute Gasteiger partial charge is 0.493 e. The van der Waals surface area contributed by atoms with Gasteiger partial charge in [0.2, 0.25) is 5.75 Å². The predicted octanol–water partition coefficient (Wildman–Crippen LogP) is 5.22. The van der Waals surface area contributed by atoms with Crippen LogP contribution >= 0.6 is 0 Å². The number of H-pyrrole nitrogens is 1. The van der Waals surface area contributed by atoms with Gasteiger partial charge >= 0.3 is 0 Å². The lowest BCUT2D eigenvalue weighted by molar-refractivity contribution is 0.266. The van der Waals surface area contributed by atoms with E-state index in [9.17, 15) is 5.26 Å². The molecule has 4 aromatic rings. The lowest BCUT2D eigenvalue weighted by Gasteiger charge is -2.15. The highest BCUT2D eigenvalue weighted by atomic mass is 16.5. The van der Waals surface area contributed by atoms with Crippen LogP contribution in [0.5, 0.6) is 17.2 Å². The molecule has 0 aliphatic carbocycles. The number of para-hydroxylation sites is 2. The Morgan fingerprint density at radius 1 is 1.00 bits per heavy atom. The smallest absolute Gasteiger partial charge is 0.203 e. The van der Waals surface area contributed by atoms with Crippen molar-refractivity contribution in [3.05, 3.63) is 83.7 Å². The van der Waals surface area contributed by atoms with E-state index in [0.29, 0.717) is 35.3 Å². The minimum absolute atomic E-state index is 0.380. The molecule has 0 fully saturated rings. The summed E-state index contributed by atoms with van der Waals surface area (Å²) >= 11 is 0. The Hall–Kier alpha value is -4.24. The first-order valence-electron chi connectivity index (χ1n) is 9.71. The highest BCUT2D eigenvalue weighted by Crippen LogP contribution is 2.40. The average Bonchev–Trinajstić information content (AvgIpc) is 3.25. The number of nitrogens with zero attached hydrogens (tertiary/aromatic N) is 2. The third-order valence-corrected chi connectivity index (χ3v) is 4.78. The first-order chi connectivity index (χ1) is 15.2. The molecular formula is C25H21N3O3. The third kappa shape index (κ3) is 4.36. The Morgan fingerprint density at radius 2 is 1.68 bits per heavy atom. The van der Waals surface area contributed by atoms with Gasteiger partial charge in [-0.05, 0) is 41.5 Å². The molecule has 6 heteroatoms. The van der Waals surface area contributed by atoms with Crippen molar-refractivity contribution in [1.29, 1.82) is 5.26 Å². The normalized spacial score (nSPS) is 11.2. The van der Waals surface area contributed by atoms with Crippen LogP contribution < -0.4 is 14.2 Å². The van der Waals surface area contributed by atoms with Crippen molar-refractivity contribution in [2.45, 2.75) is 6.61 Å². The molecule has 0 aliphatic heterocycles. The fourth-order valence-electron chi connectivity index (χ4n) is 3.26. The molecule has 0 aliphatic rings. The molecule has 0 unspecified atom stereocenters. The average molecular weight is 411 g/mol. The number of hydrogen-bond donors (Lipinski definition) is 1. The zero-order valence-electron chi connectivity index (χ0n) is 17.3. The molecule has 154 valence electrons. The summed E-state index contributed by atoms with van der Waals surface area (Å²) in [6.07, 6.45) is 1.74. The van der Waals surface area contributed by atoms with Crippen LogP contribution in [0.1, 0.15) is 17.0 Å². The number of imidazole rings is 1. The lowest BCUT2D eigenvalue weighted by Crippen LogP contribution is -2.00. The summed E-state index contributed by atoms with van der Waals surface area (Å²) in [5.74, 6) is 2.05. The highest BCUT2D eigenvalue weighted by Gasteiger charge is 2.15. The van der Waals surface area contributed by atoms with Crippen LogP contribution in [0.25, 0.3) is 22.7 Å². The van der Waals surface area contributed by atoms with Crippen molar-refractivity contribution in [1.82, 2.24) is 9.97 Å². The molecule has 1 N–H and O–H groups in total. The van der Waals surface area contributed by atoms with Gasteiger partial charge in [-0.15, -0.1) is 0 Å². The maximum Gasteiger partial charge on any atom is 0.203 e. The summed E-state index contributed by atoms with van der Waals surface area (Å²) in [6.45, 7) is 0.380. The monoisotopic (exact) mass is 411 g/mol. The Kier molecular flexibility index (Phi) is 5.86. The van der Waals surface area contributed by atoms with Gasteiger partial charge < -0.3 is 19.2 Å². The number of methoxy groups -OCH3 is 2. The minimum atomic E-state index is 0.380. The van der Waals surface area contributed by atoms with Crippen LogP contribution in [0.15, 0.2) is 66.7 Å². The molecule has 0 atom stereocenters. The number of ether oxygens (including phenoxy) is 3. The number of hydrogen-bond acceptors (Lipinski definition) is 5. The van der Waals surface area contributed by atoms with Gasteiger partial charge in [-0.1, -0.05) is 42.5 Å². The number of fused-ring (bicyclic) bond motifs is 1. The van der Waals surface area contributed by atoms with E-state index in [-0.39, 0.29) is 0 Å². The van der Waals surface area contributed by atoms with Crippen molar-refractivity contribution >= 4 is 22.7 Å². The Bertz CT molecular complexity index is 1210. The molecule has 0 spiro atoms. The van der Waals surface area contributed by atoms with Crippen molar-refractivity contribution in [2.75, 3.05) is 14.2 Å². The maximum atomic E-state index is 9.72. The van der Waals surface area contributed by atoms with Gasteiger partial charge in [0.25, 0.3) is 0 Å². The third-order valence-electron chi connectivity index (χ3n) is 4.78. The van der Waals surface area contributed by atoms with Gasteiger partial charge in [0.1, 0.15) is 18.5 Å². The summed E-state index contributed by atoms with van der Waals surface area (Å²) in [5.41, 5.74) is 3.85. The second kappa shape index (κ2) is 9.06. The molecule has 0 radical (unpaired) electrons. The second-order valence-electron chi connectivity index (χ2n) is 6.80. The van der Waals surface area contributed by atoms with Crippen LogP contribution in [-0.2, 0) is 6.61 Å². The number of benzene rings is 3. The fraction of sp³-hybridized carbons (Fsp3) is 0.120. The van der Waals surface area contributed by atoms with Crippen molar-refractivity contribution in [2.24, 2.45) is 0 Å². The van der Waals surface area contributed by atoms with E-state index in [4.69, 9.17) is 14.2 Å². The number of aromatic nitrogens is 2. The van der Waals surface area contributed by atoms with Crippen LogP contribution in [0.3, 0.4) is 0 Å². The number of allylic oxidation sites excluding steroid dienone is 1. The molecule has 0 saturated carbocycles. The molecule has 1 aromatic heterocycles. The predicted molar refractivity (Wildman–Crippen MR) is 120 cm³/mol. The van der Waals surface area contributed by atoms with Gasteiger partial charge in [0.15, 0.2) is 11.5 Å². The van der Waals surface area contributed by atoms with Gasteiger partial charge in [-0.2, -0.15) is 5.26 Å². The number of rotatable bonds is 7. The Labute approximate surface area is 180 Å². The van der Waals surface area contributed by atoms with Crippen LogP contribution in [-0.4, -0.2) is 24.2 Å². The topological polar surface area (TPSA) is 80.2 Å². The van der Waals surface area contributed by atoms with Crippen molar-refractivity contribution < 1.29 is 14.2 Å². The molecule has 0 amide bonds. The van der Waals surface area contributed by atoms with E-state index in [1.165, 1.54) is 0 Å². The molecule has 4 rings (SSSR count). The van der Waals surface area contributed by atoms with E-state index in [0.717, 1.165) is 22.2 Å². The molecular weight excluding hydrogens is 390 g/mol. The summed E-state index contributed by atoms with van der Waals surface area (Å²) in [7, 11) is 3.14. The molecule has 1 heterocycles. The number of nitriles is 1. The van der Waals surface area contributed by atoms with Gasteiger partial charge in [-0.3, -0.25) is 0 Å². The molecule has 0 bridgehead atoms. The van der Waals surface area contributed by atoms with Crippen LogP contribution in [0, 0.1) is 11.3 Å². The summed E-state index contributed by atoms with van der Waals surface area (Å²) in [6, 6.07) is 23.3. The fourth-order valence-corrected chi connectivity index (χ4v) is 3.26. The van der Waals surface area contributed by atoms with E-state index in [1.807, 2.05) is 66.7 Å². The Balaban J connectivity index is 1.68. The van der Waals surface area contributed by atoms with Gasteiger partial charge in [0.05, 0.1) is 30.8 Å². The van der Waals surface area contributed by atoms with E-state index < -0.39 is 0 Å². The molecule has 6 nitrogen and oxygen atoms in total. The lowest BCUT2D eigenvalue weighted by atomic mass is 10.1. The summed E-state index contributed by atoms with van der Waals surface area (Å²) in [4.78, 5) is 7.70. The standard InChI is InChI=1S/C25H21N3O3/c1-29-22-13-18(12-19(15-26)25-27-20-10-6-7-11-21(20)28-25)14-23(30-2)24(22)31-16-17-8-4-3-5-9-17/h3-14H,16H2,1-2H3,(H,27,28)/b19-12-.